The molecule has 22 heavy (non-hydrogen) atoms. The molecule has 1 amide bonds. The number of hydrogen-bond acceptors (Lipinski definition) is 6. The van der Waals surface area contributed by atoms with Gasteiger partial charge in [0.05, 0.1) is 13.4 Å². The number of nitrogens with zero attached hydrogens (tertiary/aromatic N) is 2. The topological polar surface area (TPSA) is 96.0 Å². The van der Waals surface area contributed by atoms with Crippen molar-refractivity contribution in [3.05, 3.63) is 0 Å². The molecule has 0 saturated carbocycles. The first-order valence-electron chi connectivity index (χ1n) is 7.29. The summed E-state index contributed by atoms with van der Waals surface area (Å²) in [5.41, 5.74) is 0. The largest absolute Gasteiger partial charge is 0.469 e. The summed E-state index contributed by atoms with van der Waals surface area (Å²) in [4.78, 5) is 25.6. The molecular formula is C13H23N3O5S. The van der Waals surface area contributed by atoms with Crippen molar-refractivity contribution in [3.8, 4) is 0 Å². The Morgan fingerprint density at radius 2 is 2.14 bits per heavy atom. The zero-order valence-corrected chi connectivity index (χ0v) is 13.9. The van der Waals surface area contributed by atoms with Crippen molar-refractivity contribution in [2.24, 2.45) is 0 Å². The molecule has 2 fully saturated rings. The van der Waals surface area contributed by atoms with Crippen molar-refractivity contribution in [2.45, 2.75) is 37.4 Å². The van der Waals surface area contributed by atoms with Gasteiger partial charge in [-0.2, -0.15) is 4.31 Å². The Kier molecular flexibility index (Phi) is 5.08. The second kappa shape index (κ2) is 6.51. The minimum absolute atomic E-state index is 0.0161. The molecule has 2 heterocycles. The number of nitrogens with one attached hydrogen (secondary N) is 1. The normalized spacial score (nSPS) is 30.5. The molecule has 0 bridgehead atoms. The Hall–Kier alpha value is -1.19. The van der Waals surface area contributed by atoms with Gasteiger partial charge in [0.2, 0.25) is 15.9 Å². The van der Waals surface area contributed by atoms with E-state index >= 15 is 0 Å². The summed E-state index contributed by atoms with van der Waals surface area (Å²) < 4.78 is 29.6. The van der Waals surface area contributed by atoms with E-state index < -0.39 is 16.1 Å². The Labute approximate surface area is 130 Å². The summed E-state index contributed by atoms with van der Waals surface area (Å²) in [5.74, 6) is -0.551. The van der Waals surface area contributed by atoms with Gasteiger partial charge >= 0.3 is 5.97 Å². The average molecular weight is 333 g/mol. The molecule has 2 rings (SSSR count). The maximum Gasteiger partial charge on any atom is 0.305 e. The third kappa shape index (κ3) is 3.41. The van der Waals surface area contributed by atoms with Crippen molar-refractivity contribution in [3.63, 3.8) is 0 Å². The van der Waals surface area contributed by atoms with Crippen LogP contribution in [0.15, 0.2) is 0 Å². The SMILES string of the molecule is COC(=O)CCC1CNC(=O)C2C(CCN2S(C)(=O)=O)N1C. The van der Waals surface area contributed by atoms with E-state index in [0.29, 0.717) is 25.9 Å². The summed E-state index contributed by atoms with van der Waals surface area (Å²) in [5, 5.41) is 2.80. The first-order chi connectivity index (χ1) is 10.3. The zero-order valence-electron chi connectivity index (χ0n) is 13.1. The molecule has 2 aliphatic heterocycles. The number of carbonyl (C=O) groups excluding carboxylic acids is 2. The molecule has 2 aliphatic rings. The lowest BCUT2D eigenvalue weighted by atomic mass is 10.0. The Bertz CT molecular complexity index is 550. The maximum absolute atomic E-state index is 12.3. The van der Waals surface area contributed by atoms with Crippen molar-refractivity contribution in [1.82, 2.24) is 14.5 Å². The van der Waals surface area contributed by atoms with Gasteiger partial charge < -0.3 is 10.1 Å². The molecule has 1 N–H and O–H groups in total. The van der Waals surface area contributed by atoms with Gasteiger partial charge in [-0.1, -0.05) is 0 Å². The number of carbonyl (C=O) groups is 2. The molecule has 0 aromatic carbocycles. The first-order valence-corrected chi connectivity index (χ1v) is 9.13. The average Bonchev–Trinajstić information content (AvgIpc) is 2.86. The number of rotatable bonds is 4. The van der Waals surface area contributed by atoms with Crippen LogP contribution in [0.5, 0.6) is 0 Å². The van der Waals surface area contributed by atoms with Crippen molar-refractivity contribution in [2.75, 3.05) is 33.5 Å². The van der Waals surface area contributed by atoms with E-state index in [1.165, 1.54) is 11.4 Å². The molecule has 0 aromatic rings. The second-order valence-corrected chi connectivity index (χ2v) is 7.79. The van der Waals surface area contributed by atoms with Gasteiger partial charge in [-0.05, 0) is 19.9 Å². The van der Waals surface area contributed by atoms with Gasteiger partial charge in [-0.15, -0.1) is 0 Å². The molecule has 3 atom stereocenters. The van der Waals surface area contributed by atoms with Crippen LogP contribution >= 0.6 is 0 Å². The fraction of sp³-hybridized carbons (Fsp3) is 0.846. The minimum Gasteiger partial charge on any atom is -0.469 e. The van der Waals surface area contributed by atoms with Gasteiger partial charge in [0.1, 0.15) is 6.04 Å². The third-order valence-electron chi connectivity index (χ3n) is 4.53. The Balaban J connectivity index is 2.15. The zero-order chi connectivity index (χ0) is 16.5. The first kappa shape index (κ1) is 17.2. The smallest absolute Gasteiger partial charge is 0.305 e. The molecule has 0 aromatic heterocycles. The van der Waals surface area contributed by atoms with E-state index in [2.05, 4.69) is 10.1 Å². The predicted molar refractivity (Wildman–Crippen MR) is 79.6 cm³/mol. The highest BCUT2D eigenvalue weighted by atomic mass is 32.2. The number of likely N-dealkylation sites (N-methyl/N-ethyl adjacent to an activating group) is 1. The number of esters is 1. The number of sulfonamides is 1. The van der Waals surface area contributed by atoms with E-state index in [1.807, 2.05) is 11.9 Å². The molecule has 0 spiro atoms. The number of hydrogen-bond donors (Lipinski definition) is 1. The van der Waals surface area contributed by atoms with Gasteiger partial charge in [0, 0.05) is 31.6 Å². The van der Waals surface area contributed by atoms with Crippen LogP contribution in [0.4, 0.5) is 0 Å². The fourth-order valence-corrected chi connectivity index (χ4v) is 4.37. The molecule has 0 radical (unpaired) electrons. The van der Waals surface area contributed by atoms with Gasteiger partial charge in [-0.3, -0.25) is 14.5 Å². The lowest BCUT2D eigenvalue weighted by Crippen LogP contribution is -2.51. The van der Waals surface area contributed by atoms with Crippen LogP contribution in [-0.2, 0) is 24.3 Å². The third-order valence-corrected chi connectivity index (χ3v) is 5.80. The monoisotopic (exact) mass is 333 g/mol. The van der Waals surface area contributed by atoms with Crippen LogP contribution in [0.3, 0.4) is 0 Å². The van der Waals surface area contributed by atoms with Crippen LogP contribution in [0.25, 0.3) is 0 Å². The predicted octanol–water partition coefficient (Wildman–Crippen LogP) is -1.23. The maximum atomic E-state index is 12.3. The summed E-state index contributed by atoms with van der Waals surface area (Å²) in [6, 6.07) is -0.874. The number of methoxy groups -OCH3 is 1. The van der Waals surface area contributed by atoms with Crippen LogP contribution in [0.1, 0.15) is 19.3 Å². The van der Waals surface area contributed by atoms with Crippen molar-refractivity contribution >= 4 is 21.9 Å². The highest BCUT2D eigenvalue weighted by molar-refractivity contribution is 7.88. The Morgan fingerprint density at radius 3 is 2.73 bits per heavy atom. The summed E-state index contributed by atoms with van der Waals surface area (Å²) in [7, 11) is -0.195. The molecule has 126 valence electrons. The van der Waals surface area contributed by atoms with E-state index in [9.17, 15) is 18.0 Å². The van der Waals surface area contributed by atoms with Crippen LogP contribution < -0.4 is 5.32 Å². The number of fused-ring (bicyclic) bond motifs is 1. The van der Waals surface area contributed by atoms with E-state index in [1.54, 1.807) is 0 Å². The van der Waals surface area contributed by atoms with Crippen LogP contribution in [0.2, 0.25) is 0 Å². The van der Waals surface area contributed by atoms with Gasteiger partial charge in [-0.25, -0.2) is 8.42 Å². The van der Waals surface area contributed by atoms with Gasteiger partial charge in [0.25, 0.3) is 0 Å². The van der Waals surface area contributed by atoms with Crippen LogP contribution in [-0.4, -0.2) is 81.1 Å². The highest BCUT2D eigenvalue weighted by Crippen LogP contribution is 2.28. The van der Waals surface area contributed by atoms with Crippen molar-refractivity contribution in [1.29, 1.82) is 0 Å². The minimum atomic E-state index is -3.42. The molecule has 8 nitrogen and oxygen atoms in total. The molecule has 2 saturated heterocycles. The summed E-state index contributed by atoms with van der Waals surface area (Å²) >= 11 is 0. The quantitative estimate of drug-likeness (QED) is 0.648. The second-order valence-electron chi connectivity index (χ2n) is 5.85. The molecule has 0 aliphatic carbocycles. The van der Waals surface area contributed by atoms with E-state index in [4.69, 9.17) is 0 Å². The van der Waals surface area contributed by atoms with E-state index in [0.717, 1.165) is 6.26 Å². The number of ether oxygens (including phenoxy) is 1. The van der Waals surface area contributed by atoms with Crippen LogP contribution in [0, 0.1) is 0 Å². The highest BCUT2D eigenvalue weighted by Gasteiger charge is 2.48. The molecule has 3 unspecified atom stereocenters. The lowest BCUT2D eigenvalue weighted by Gasteiger charge is -2.32. The van der Waals surface area contributed by atoms with Gasteiger partial charge in [0.15, 0.2) is 0 Å². The summed E-state index contributed by atoms with van der Waals surface area (Å²) in [6.45, 7) is 0.743. The Morgan fingerprint density at radius 1 is 1.45 bits per heavy atom. The number of amides is 1. The van der Waals surface area contributed by atoms with Crippen molar-refractivity contribution < 1.29 is 22.7 Å². The van der Waals surface area contributed by atoms with E-state index in [-0.39, 0.29) is 30.4 Å². The lowest BCUT2D eigenvalue weighted by molar-refractivity contribution is -0.141. The molecular weight excluding hydrogens is 310 g/mol. The fourth-order valence-electron chi connectivity index (χ4n) is 3.28. The standard InChI is InChI=1S/C13H23N3O5S/c1-15-9(4-5-11(17)21-2)8-14-13(18)12-10(15)6-7-16(12)22(3,19)20/h9-10,12H,4-8H2,1-3H3,(H,14,18). The summed E-state index contributed by atoms with van der Waals surface area (Å²) in [6.07, 6.45) is 2.57. The molecule has 9 heteroatoms.